The number of hydrogen-bond donors (Lipinski definition) is 3. The molecule has 0 aliphatic carbocycles. The van der Waals surface area contributed by atoms with E-state index in [0.717, 1.165) is 17.7 Å². The molecule has 35 heavy (non-hydrogen) atoms. The molecule has 9 heteroatoms. The number of aliphatic carboxylic acids is 1. The molecule has 0 radical (unpaired) electrons. The number of nitrogens with one attached hydrogen (secondary N) is 2. The van der Waals surface area contributed by atoms with E-state index in [1.165, 1.54) is 12.1 Å². The van der Waals surface area contributed by atoms with Gasteiger partial charge < -0.3 is 15.7 Å². The van der Waals surface area contributed by atoms with Gasteiger partial charge in [-0.25, -0.2) is 4.79 Å². The Hall–Kier alpha value is -3.52. The van der Waals surface area contributed by atoms with Crippen molar-refractivity contribution in [3.8, 4) is 11.1 Å². The van der Waals surface area contributed by atoms with Gasteiger partial charge in [-0.15, -0.1) is 0 Å². The number of amides is 2. The van der Waals surface area contributed by atoms with Crippen LogP contribution < -0.4 is 10.6 Å². The van der Waals surface area contributed by atoms with E-state index in [0.29, 0.717) is 23.1 Å². The molecule has 1 unspecified atom stereocenters. The fourth-order valence-electron chi connectivity index (χ4n) is 3.76. The highest BCUT2D eigenvalue weighted by Crippen LogP contribution is 2.37. The lowest BCUT2D eigenvalue weighted by atomic mass is 9.90. The molecule has 3 N–H and O–H groups in total. The van der Waals surface area contributed by atoms with Crippen LogP contribution in [0.3, 0.4) is 0 Å². The van der Waals surface area contributed by atoms with Crippen molar-refractivity contribution < 1.29 is 27.9 Å². The second-order valence-electron chi connectivity index (χ2n) is 7.99. The minimum Gasteiger partial charge on any atom is -0.481 e. The number of carbonyl (C=O) groups excluding carboxylic acids is 1. The van der Waals surface area contributed by atoms with Gasteiger partial charge in [-0.2, -0.15) is 13.2 Å². The summed E-state index contributed by atoms with van der Waals surface area (Å²) in [6.07, 6.45) is -4.56. The molecule has 0 saturated heterocycles. The monoisotopic (exact) mass is 504 g/mol. The lowest BCUT2D eigenvalue weighted by Crippen LogP contribution is -2.37. The number of carboxylic acids is 1. The van der Waals surface area contributed by atoms with Crippen LogP contribution in [0.4, 0.5) is 18.0 Å². The van der Waals surface area contributed by atoms with Gasteiger partial charge in [-0.3, -0.25) is 4.79 Å². The van der Waals surface area contributed by atoms with Gasteiger partial charge in [0.05, 0.1) is 18.0 Å². The number of alkyl halides is 3. The Kier molecular flexibility index (Phi) is 8.40. The first kappa shape index (κ1) is 26.1. The quantitative estimate of drug-likeness (QED) is 0.323. The standard InChI is InChI=1S/C26H24ClF3N2O3/c1-2-23(32-25(35)31-15-16-6-4-3-5-7-16)22-14-19(26(28,29)30)8-9-21(22)18-10-17(12-24(33)34)11-20(27)13-18/h3-11,13-14,23H,2,12,15H2,1H3,(H,33,34)(H2,31,32,35). The van der Waals surface area contributed by atoms with Crippen LogP contribution in [0.2, 0.25) is 5.02 Å². The summed E-state index contributed by atoms with van der Waals surface area (Å²) >= 11 is 6.18. The summed E-state index contributed by atoms with van der Waals surface area (Å²) < 4.78 is 40.6. The van der Waals surface area contributed by atoms with Gasteiger partial charge in [0.1, 0.15) is 0 Å². The number of carboxylic acid groups (broad SMARTS) is 1. The first-order valence-corrected chi connectivity index (χ1v) is 11.3. The molecule has 2 amide bonds. The maximum atomic E-state index is 13.5. The van der Waals surface area contributed by atoms with E-state index in [2.05, 4.69) is 10.6 Å². The zero-order valence-electron chi connectivity index (χ0n) is 18.8. The van der Waals surface area contributed by atoms with E-state index in [4.69, 9.17) is 16.7 Å². The highest BCUT2D eigenvalue weighted by molar-refractivity contribution is 6.31. The number of hydrogen-bond acceptors (Lipinski definition) is 2. The molecule has 0 fully saturated rings. The molecule has 0 aliphatic heterocycles. The maximum absolute atomic E-state index is 13.5. The van der Waals surface area contributed by atoms with Crippen molar-refractivity contribution in [3.63, 3.8) is 0 Å². The first-order chi connectivity index (χ1) is 16.6. The second kappa shape index (κ2) is 11.3. The largest absolute Gasteiger partial charge is 0.481 e. The predicted octanol–water partition coefficient (Wildman–Crippen LogP) is 6.60. The Bertz CT molecular complexity index is 1200. The van der Waals surface area contributed by atoms with Crippen molar-refractivity contribution in [3.05, 3.63) is 94.0 Å². The minimum atomic E-state index is -4.58. The summed E-state index contributed by atoms with van der Waals surface area (Å²) in [4.78, 5) is 23.8. The molecule has 1 atom stereocenters. The van der Waals surface area contributed by atoms with E-state index in [1.54, 1.807) is 19.1 Å². The molecular formula is C26H24ClF3N2O3. The van der Waals surface area contributed by atoms with Crippen LogP contribution in [0.1, 0.15) is 41.6 Å². The van der Waals surface area contributed by atoms with Gasteiger partial charge in [0, 0.05) is 11.6 Å². The van der Waals surface area contributed by atoms with Gasteiger partial charge in [0.25, 0.3) is 0 Å². The van der Waals surface area contributed by atoms with E-state index in [9.17, 15) is 22.8 Å². The van der Waals surface area contributed by atoms with Crippen molar-refractivity contribution in [2.75, 3.05) is 0 Å². The van der Waals surface area contributed by atoms with Crippen LogP contribution >= 0.6 is 11.6 Å². The molecule has 3 aromatic rings. The van der Waals surface area contributed by atoms with E-state index < -0.39 is 29.8 Å². The SMILES string of the molecule is CCC(NC(=O)NCc1ccccc1)c1cc(C(F)(F)F)ccc1-c1cc(Cl)cc(CC(=O)O)c1. The molecule has 3 rings (SSSR count). The molecule has 0 aromatic heterocycles. The number of urea groups is 1. The number of benzene rings is 3. The summed E-state index contributed by atoms with van der Waals surface area (Å²) in [5.74, 6) is -1.06. The lowest BCUT2D eigenvalue weighted by Gasteiger charge is -2.23. The van der Waals surface area contributed by atoms with Crippen LogP contribution in [-0.2, 0) is 23.9 Å². The normalized spacial score (nSPS) is 12.1. The summed E-state index contributed by atoms with van der Waals surface area (Å²) in [6.45, 7) is 2.01. The van der Waals surface area contributed by atoms with Crippen molar-refractivity contribution in [2.24, 2.45) is 0 Å². The zero-order chi connectivity index (χ0) is 25.6. The predicted molar refractivity (Wildman–Crippen MR) is 128 cm³/mol. The van der Waals surface area contributed by atoms with Gasteiger partial charge in [-0.05, 0) is 58.5 Å². The van der Waals surface area contributed by atoms with Gasteiger partial charge in [0.2, 0.25) is 0 Å². The molecule has 0 saturated carbocycles. The van der Waals surface area contributed by atoms with E-state index in [-0.39, 0.29) is 23.6 Å². The van der Waals surface area contributed by atoms with Crippen LogP contribution in [0.5, 0.6) is 0 Å². The van der Waals surface area contributed by atoms with Crippen LogP contribution in [-0.4, -0.2) is 17.1 Å². The van der Waals surface area contributed by atoms with Crippen molar-refractivity contribution in [2.45, 2.75) is 38.5 Å². The molecule has 0 spiro atoms. The smallest absolute Gasteiger partial charge is 0.416 e. The molecule has 3 aromatic carbocycles. The van der Waals surface area contributed by atoms with Crippen LogP contribution in [0.15, 0.2) is 66.7 Å². The fraction of sp³-hybridized carbons (Fsp3) is 0.231. The summed E-state index contributed by atoms with van der Waals surface area (Å²) in [5, 5.41) is 14.9. The molecule has 5 nitrogen and oxygen atoms in total. The third-order valence-electron chi connectivity index (χ3n) is 5.39. The molecule has 0 heterocycles. The second-order valence-corrected chi connectivity index (χ2v) is 8.43. The van der Waals surface area contributed by atoms with Gasteiger partial charge in [-0.1, -0.05) is 61.0 Å². The first-order valence-electron chi connectivity index (χ1n) is 10.9. The molecule has 0 bridgehead atoms. The Morgan fingerprint density at radius 2 is 1.71 bits per heavy atom. The topological polar surface area (TPSA) is 78.4 Å². The third-order valence-corrected chi connectivity index (χ3v) is 5.61. The zero-order valence-corrected chi connectivity index (χ0v) is 19.6. The lowest BCUT2D eigenvalue weighted by molar-refractivity contribution is -0.138. The van der Waals surface area contributed by atoms with Crippen LogP contribution in [0, 0.1) is 0 Å². The highest BCUT2D eigenvalue weighted by atomic mass is 35.5. The summed E-state index contributed by atoms with van der Waals surface area (Å²) in [7, 11) is 0. The molecule has 184 valence electrons. The van der Waals surface area contributed by atoms with Gasteiger partial charge in [0.15, 0.2) is 0 Å². The van der Waals surface area contributed by atoms with Crippen molar-refractivity contribution in [1.82, 2.24) is 10.6 Å². The Labute approximate surface area is 205 Å². The van der Waals surface area contributed by atoms with Crippen molar-refractivity contribution >= 4 is 23.6 Å². The Morgan fingerprint density at radius 1 is 1.00 bits per heavy atom. The molecule has 0 aliphatic rings. The Balaban J connectivity index is 1.97. The number of rotatable bonds is 8. The number of halogens is 4. The summed E-state index contributed by atoms with van der Waals surface area (Å²) in [6, 6.07) is 15.9. The van der Waals surface area contributed by atoms with E-state index in [1.807, 2.05) is 30.3 Å². The average Bonchev–Trinajstić information content (AvgIpc) is 2.80. The van der Waals surface area contributed by atoms with Crippen molar-refractivity contribution in [1.29, 1.82) is 0 Å². The highest BCUT2D eigenvalue weighted by Gasteiger charge is 2.32. The maximum Gasteiger partial charge on any atom is 0.416 e. The number of carbonyl (C=O) groups is 2. The van der Waals surface area contributed by atoms with Crippen LogP contribution in [0.25, 0.3) is 11.1 Å². The average molecular weight is 505 g/mol. The Morgan fingerprint density at radius 3 is 2.34 bits per heavy atom. The summed E-state index contributed by atoms with van der Waals surface area (Å²) in [5.41, 5.74) is 1.56. The minimum absolute atomic E-state index is 0.251. The van der Waals surface area contributed by atoms with Gasteiger partial charge >= 0.3 is 18.2 Å². The van der Waals surface area contributed by atoms with E-state index >= 15 is 0 Å². The third kappa shape index (κ3) is 7.23. The fourth-order valence-corrected chi connectivity index (χ4v) is 4.02. The molecular weight excluding hydrogens is 481 g/mol.